The number of H-pyrrole nitrogens is 1. The molecule has 3 rings (SSSR count). The number of anilines is 2. The standard InChI is InChI=1S/C18H20N4S/c1-3-12-6-5-7-13(4-2)17(12)21-18(23)20-15-8-9-16-14(10-15)11-19-22-16/h5-11H,3-4H2,1-2H3,(H,19,22)(H2,20,21,23). The molecule has 0 bridgehead atoms. The topological polar surface area (TPSA) is 52.7 Å². The summed E-state index contributed by atoms with van der Waals surface area (Å²) in [5, 5.41) is 15.3. The van der Waals surface area contributed by atoms with Crippen LogP contribution >= 0.6 is 12.2 Å². The number of hydrogen-bond donors (Lipinski definition) is 3. The first-order valence-electron chi connectivity index (χ1n) is 7.83. The van der Waals surface area contributed by atoms with E-state index in [1.54, 1.807) is 6.20 Å². The third kappa shape index (κ3) is 3.35. The molecular weight excluding hydrogens is 304 g/mol. The molecule has 1 heterocycles. The Hall–Kier alpha value is -2.40. The van der Waals surface area contributed by atoms with Gasteiger partial charge in [-0.1, -0.05) is 32.0 Å². The molecule has 0 saturated heterocycles. The summed E-state index contributed by atoms with van der Waals surface area (Å²) in [7, 11) is 0. The molecule has 118 valence electrons. The van der Waals surface area contributed by atoms with E-state index in [1.807, 2.05) is 18.2 Å². The second-order valence-electron chi connectivity index (χ2n) is 5.41. The van der Waals surface area contributed by atoms with Gasteiger partial charge in [0.2, 0.25) is 0 Å². The van der Waals surface area contributed by atoms with Crippen molar-refractivity contribution in [3.05, 3.63) is 53.7 Å². The van der Waals surface area contributed by atoms with Gasteiger partial charge in [-0.15, -0.1) is 0 Å². The summed E-state index contributed by atoms with van der Waals surface area (Å²) < 4.78 is 0. The Morgan fingerprint density at radius 1 is 1.09 bits per heavy atom. The number of para-hydroxylation sites is 1. The SMILES string of the molecule is CCc1cccc(CC)c1NC(=S)Nc1ccc2[nH]ncc2c1. The number of nitrogens with one attached hydrogen (secondary N) is 3. The lowest BCUT2D eigenvalue weighted by Crippen LogP contribution is -2.20. The van der Waals surface area contributed by atoms with E-state index in [4.69, 9.17) is 12.2 Å². The molecule has 0 aliphatic carbocycles. The first-order chi connectivity index (χ1) is 11.2. The van der Waals surface area contributed by atoms with E-state index in [0.717, 1.165) is 35.1 Å². The predicted octanol–water partition coefficient (Wildman–Crippen LogP) is 4.50. The quantitative estimate of drug-likeness (QED) is 0.619. The maximum atomic E-state index is 5.49. The van der Waals surface area contributed by atoms with Crippen LogP contribution in [0.2, 0.25) is 0 Å². The largest absolute Gasteiger partial charge is 0.332 e. The first kappa shape index (κ1) is 15.5. The average molecular weight is 324 g/mol. The van der Waals surface area contributed by atoms with Crippen LogP contribution in [0, 0.1) is 0 Å². The van der Waals surface area contributed by atoms with Gasteiger partial charge < -0.3 is 10.6 Å². The highest BCUT2D eigenvalue weighted by Crippen LogP contribution is 2.23. The van der Waals surface area contributed by atoms with Crippen LogP contribution in [-0.4, -0.2) is 15.3 Å². The van der Waals surface area contributed by atoms with Crippen LogP contribution in [0.5, 0.6) is 0 Å². The van der Waals surface area contributed by atoms with Gasteiger partial charge in [-0.25, -0.2) is 0 Å². The van der Waals surface area contributed by atoms with Crippen LogP contribution < -0.4 is 10.6 Å². The molecule has 0 radical (unpaired) electrons. The lowest BCUT2D eigenvalue weighted by atomic mass is 10.0. The number of benzene rings is 2. The summed E-state index contributed by atoms with van der Waals surface area (Å²) in [5.41, 5.74) is 5.64. The summed E-state index contributed by atoms with van der Waals surface area (Å²) in [6.45, 7) is 4.31. The van der Waals surface area contributed by atoms with Crippen molar-refractivity contribution < 1.29 is 0 Å². The first-order valence-corrected chi connectivity index (χ1v) is 8.24. The fraction of sp³-hybridized carbons (Fsp3) is 0.222. The number of aromatic nitrogens is 2. The number of hydrogen-bond acceptors (Lipinski definition) is 2. The van der Waals surface area contributed by atoms with Crippen LogP contribution in [0.4, 0.5) is 11.4 Å². The molecule has 0 aliphatic heterocycles. The Balaban J connectivity index is 1.79. The second kappa shape index (κ2) is 6.79. The highest BCUT2D eigenvalue weighted by Gasteiger charge is 2.08. The minimum Gasteiger partial charge on any atom is -0.332 e. The van der Waals surface area contributed by atoms with Crippen LogP contribution in [0.3, 0.4) is 0 Å². The predicted molar refractivity (Wildman–Crippen MR) is 101 cm³/mol. The van der Waals surface area contributed by atoms with Crippen molar-refractivity contribution in [1.82, 2.24) is 10.2 Å². The number of fused-ring (bicyclic) bond motifs is 1. The number of aromatic amines is 1. The lowest BCUT2D eigenvalue weighted by Gasteiger charge is -2.17. The van der Waals surface area contributed by atoms with Crippen molar-refractivity contribution in [3.63, 3.8) is 0 Å². The van der Waals surface area contributed by atoms with Crippen molar-refractivity contribution in [2.75, 3.05) is 10.6 Å². The van der Waals surface area contributed by atoms with Crippen molar-refractivity contribution in [2.24, 2.45) is 0 Å². The molecule has 0 spiro atoms. The molecule has 4 nitrogen and oxygen atoms in total. The Bertz CT molecular complexity index is 816. The maximum Gasteiger partial charge on any atom is 0.175 e. The van der Waals surface area contributed by atoms with E-state index >= 15 is 0 Å². The highest BCUT2D eigenvalue weighted by molar-refractivity contribution is 7.80. The Labute approximate surface area is 141 Å². The van der Waals surface area contributed by atoms with Gasteiger partial charge in [0.15, 0.2) is 5.11 Å². The minimum atomic E-state index is 0.600. The van der Waals surface area contributed by atoms with Crippen LogP contribution in [-0.2, 0) is 12.8 Å². The van der Waals surface area contributed by atoms with Gasteiger partial charge in [0.05, 0.1) is 11.7 Å². The van der Waals surface area contributed by atoms with E-state index in [1.165, 1.54) is 11.1 Å². The van der Waals surface area contributed by atoms with Gasteiger partial charge in [-0.3, -0.25) is 5.10 Å². The minimum absolute atomic E-state index is 0.600. The van der Waals surface area contributed by atoms with Crippen LogP contribution in [0.15, 0.2) is 42.6 Å². The zero-order chi connectivity index (χ0) is 16.2. The molecule has 2 aromatic carbocycles. The van der Waals surface area contributed by atoms with Crippen molar-refractivity contribution in [2.45, 2.75) is 26.7 Å². The van der Waals surface area contributed by atoms with Crippen LogP contribution in [0.1, 0.15) is 25.0 Å². The molecule has 0 saturated carbocycles. The zero-order valence-electron chi connectivity index (χ0n) is 13.3. The number of rotatable bonds is 4. The van der Waals surface area contributed by atoms with Gasteiger partial charge in [0.25, 0.3) is 0 Å². The zero-order valence-corrected chi connectivity index (χ0v) is 14.1. The Kier molecular flexibility index (Phi) is 4.57. The van der Waals surface area contributed by atoms with Gasteiger partial charge in [-0.2, -0.15) is 5.10 Å². The van der Waals surface area contributed by atoms with E-state index in [9.17, 15) is 0 Å². The third-order valence-corrected chi connectivity index (χ3v) is 4.14. The molecule has 1 aromatic heterocycles. The molecule has 0 amide bonds. The Morgan fingerprint density at radius 2 is 1.83 bits per heavy atom. The fourth-order valence-corrected chi connectivity index (χ4v) is 2.92. The maximum absolute atomic E-state index is 5.49. The van der Waals surface area contributed by atoms with Crippen molar-refractivity contribution in [1.29, 1.82) is 0 Å². The second-order valence-corrected chi connectivity index (χ2v) is 5.82. The van der Waals surface area contributed by atoms with Gasteiger partial charge in [0.1, 0.15) is 0 Å². The number of thiocarbonyl (C=S) groups is 1. The molecule has 0 unspecified atom stereocenters. The Morgan fingerprint density at radius 3 is 2.52 bits per heavy atom. The molecule has 0 aliphatic rings. The van der Waals surface area contributed by atoms with Crippen molar-refractivity contribution >= 4 is 39.6 Å². The normalized spacial score (nSPS) is 10.7. The lowest BCUT2D eigenvalue weighted by molar-refractivity contribution is 1.09. The molecule has 3 aromatic rings. The van der Waals surface area contributed by atoms with Crippen LogP contribution in [0.25, 0.3) is 10.9 Å². The molecule has 23 heavy (non-hydrogen) atoms. The van der Waals surface area contributed by atoms with E-state index in [-0.39, 0.29) is 0 Å². The molecular formula is C18H20N4S. The summed E-state index contributed by atoms with van der Waals surface area (Å²) in [6, 6.07) is 12.4. The summed E-state index contributed by atoms with van der Waals surface area (Å²) in [6.07, 6.45) is 3.75. The van der Waals surface area contributed by atoms with E-state index in [2.05, 4.69) is 52.9 Å². The fourth-order valence-electron chi connectivity index (χ4n) is 2.70. The molecule has 0 fully saturated rings. The summed E-state index contributed by atoms with van der Waals surface area (Å²) in [5.74, 6) is 0. The van der Waals surface area contributed by atoms with Gasteiger partial charge in [0, 0.05) is 16.8 Å². The average Bonchev–Trinajstić information content (AvgIpc) is 3.02. The third-order valence-electron chi connectivity index (χ3n) is 3.94. The molecule has 0 atom stereocenters. The molecule has 5 heteroatoms. The number of aryl methyl sites for hydroxylation is 2. The van der Waals surface area contributed by atoms with Crippen molar-refractivity contribution in [3.8, 4) is 0 Å². The van der Waals surface area contributed by atoms with E-state index in [0.29, 0.717) is 5.11 Å². The van der Waals surface area contributed by atoms with E-state index < -0.39 is 0 Å². The van der Waals surface area contributed by atoms with Gasteiger partial charge >= 0.3 is 0 Å². The summed E-state index contributed by atoms with van der Waals surface area (Å²) >= 11 is 5.49. The smallest absolute Gasteiger partial charge is 0.175 e. The monoisotopic (exact) mass is 324 g/mol. The number of nitrogens with zero attached hydrogens (tertiary/aromatic N) is 1. The van der Waals surface area contributed by atoms with Gasteiger partial charge in [-0.05, 0) is 54.4 Å². The highest BCUT2D eigenvalue weighted by atomic mass is 32.1. The summed E-state index contributed by atoms with van der Waals surface area (Å²) in [4.78, 5) is 0. The molecule has 3 N–H and O–H groups in total.